The molecule has 1 aliphatic rings. The van der Waals surface area contributed by atoms with Crippen LogP contribution < -0.4 is 10.1 Å². The van der Waals surface area contributed by atoms with Crippen molar-refractivity contribution in [3.63, 3.8) is 0 Å². The second kappa shape index (κ2) is 11.2. The predicted molar refractivity (Wildman–Crippen MR) is 128 cm³/mol. The number of rotatable bonds is 8. The van der Waals surface area contributed by atoms with Crippen molar-refractivity contribution in [3.8, 4) is 16.9 Å². The minimum Gasteiger partial charge on any atom is -0.435 e. The van der Waals surface area contributed by atoms with Crippen molar-refractivity contribution in [1.82, 2.24) is 19.8 Å². The Morgan fingerprint density at radius 1 is 1.00 bits per heavy atom. The molecule has 35 heavy (non-hydrogen) atoms. The van der Waals surface area contributed by atoms with Gasteiger partial charge in [0, 0.05) is 49.8 Å². The maximum Gasteiger partial charge on any atom is 0.387 e. The molecule has 4 rings (SSSR count). The highest BCUT2D eigenvalue weighted by molar-refractivity contribution is 5.84. The lowest BCUT2D eigenvalue weighted by molar-refractivity contribution is -0.135. The van der Waals surface area contributed by atoms with Crippen LogP contribution in [0.4, 0.5) is 20.4 Å². The van der Waals surface area contributed by atoms with Crippen molar-refractivity contribution in [1.29, 1.82) is 0 Å². The second-order valence-corrected chi connectivity index (χ2v) is 8.31. The van der Waals surface area contributed by atoms with Crippen LogP contribution in [0.5, 0.6) is 5.75 Å². The number of piperazine rings is 1. The van der Waals surface area contributed by atoms with E-state index in [4.69, 9.17) is 0 Å². The first-order valence-corrected chi connectivity index (χ1v) is 11.3. The van der Waals surface area contributed by atoms with E-state index in [9.17, 15) is 18.7 Å². The minimum absolute atomic E-state index is 0.0611. The number of hydrogen-bond acceptors (Lipinski definition) is 7. The van der Waals surface area contributed by atoms with Crippen LogP contribution in [0.3, 0.4) is 0 Å². The highest BCUT2D eigenvalue weighted by atomic mass is 19.3. The van der Waals surface area contributed by atoms with Crippen LogP contribution >= 0.6 is 0 Å². The average Bonchev–Trinajstić information content (AvgIpc) is 2.86. The van der Waals surface area contributed by atoms with Gasteiger partial charge in [0.05, 0.1) is 12.5 Å². The molecular weight excluding hydrogens is 456 g/mol. The molecule has 1 fully saturated rings. The molecule has 0 saturated carbocycles. The number of amides is 1. The van der Waals surface area contributed by atoms with Gasteiger partial charge >= 0.3 is 6.61 Å². The largest absolute Gasteiger partial charge is 0.435 e. The number of hydrogen-bond donors (Lipinski definition) is 2. The Bertz CT molecular complexity index is 1100. The number of aliphatic hydroxyl groups is 1. The summed E-state index contributed by atoms with van der Waals surface area (Å²) >= 11 is 0. The molecule has 184 valence electrons. The fourth-order valence-electron chi connectivity index (χ4n) is 3.87. The monoisotopic (exact) mass is 483 g/mol. The second-order valence-electron chi connectivity index (χ2n) is 8.31. The fourth-order valence-corrected chi connectivity index (χ4v) is 3.87. The summed E-state index contributed by atoms with van der Waals surface area (Å²) < 4.78 is 28.9. The van der Waals surface area contributed by atoms with E-state index in [0.717, 1.165) is 35.5 Å². The highest BCUT2D eigenvalue weighted by Gasteiger charge is 2.27. The van der Waals surface area contributed by atoms with E-state index in [2.05, 4.69) is 24.9 Å². The van der Waals surface area contributed by atoms with Gasteiger partial charge in [-0.15, -0.1) is 0 Å². The van der Waals surface area contributed by atoms with Crippen molar-refractivity contribution in [2.75, 3.05) is 45.2 Å². The number of aromatic nitrogens is 2. The Labute approximate surface area is 202 Å². The molecule has 10 heteroatoms. The van der Waals surface area contributed by atoms with E-state index in [-0.39, 0.29) is 18.3 Å². The van der Waals surface area contributed by atoms with E-state index in [0.29, 0.717) is 19.0 Å². The fraction of sp³-hybridized carbons (Fsp3) is 0.320. The smallest absolute Gasteiger partial charge is 0.387 e. The number of carbonyl (C=O) groups is 1. The molecule has 1 aromatic heterocycles. The Morgan fingerprint density at radius 3 is 2.20 bits per heavy atom. The third-order valence-corrected chi connectivity index (χ3v) is 5.93. The summed E-state index contributed by atoms with van der Waals surface area (Å²) in [6.07, 6.45) is 3.26. The van der Waals surface area contributed by atoms with Gasteiger partial charge in [-0.05, 0) is 42.4 Å². The van der Waals surface area contributed by atoms with Gasteiger partial charge in [0.15, 0.2) is 0 Å². The maximum absolute atomic E-state index is 12.9. The summed E-state index contributed by atoms with van der Waals surface area (Å²) in [6, 6.07) is 13.5. The third-order valence-electron chi connectivity index (χ3n) is 5.93. The van der Waals surface area contributed by atoms with Gasteiger partial charge in [0.1, 0.15) is 5.75 Å². The molecule has 0 bridgehead atoms. The van der Waals surface area contributed by atoms with Gasteiger partial charge in [0.25, 0.3) is 0 Å². The van der Waals surface area contributed by atoms with Crippen LogP contribution in [0.25, 0.3) is 11.1 Å². The number of benzene rings is 2. The van der Waals surface area contributed by atoms with Crippen molar-refractivity contribution < 1.29 is 23.4 Å². The van der Waals surface area contributed by atoms with Crippen LogP contribution in [0.2, 0.25) is 0 Å². The zero-order valence-corrected chi connectivity index (χ0v) is 19.3. The van der Waals surface area contributed by atoms with Crippen LogP contribution in [0.15, 0.2) is 60.9 Å². The summed E-state index contributed by atoms with van der Waals surface area (Å²) in [5, 5.41) is 13.0. The lowest BCUT2D eigenvalue weighted by Gasteiger charge is -2.34. The normalized spacial score (nSPS) is 15.2. The molecule has 2 N–H and O–H groups in total. The van der Waals surface area contributed by atoms with Gasteiger partial charge in [-0.1, -0.05) is 24.3 Å². The van der Waals surface area contributed by atoms with Gasteiger partial charge in [0.2, 0.25) is 11.9 Å². The van der Waals surface area contributed by atoms with Gasteiger partial charge < -0.3 is 25.0 Å². The van der Waals surface area contributed by atoms with Crippen LogP contribution in [0, 0.1) is 0 Å². The molecule has 1 amide bonds. The Hall–Kier alpha value is -3.63. The van der Waals surface area contributed by atoms with E-state index in [1.165, 1.54) is 12.1 Å². The van der Waals surface area contributed by atoms with E-state index >= 15 is 0 Å². The Balaban J connectivity index is 1.38. The summed E-state index contributed by atoms with van der Waals surface area (Å²) in [7, 11) is 2.03. The van der Waals surface area contributed by atoms with E-state index in [1.54, 1.807) is 24.5 Å². The number of alkyl halides is 2. The third kappa shape index (κ3) is 6.28. The lowest BCUT2D eigenvalue weighted by atomic mass is 9.97. The first-order valence-electron chi connectivity index (χ1n) is 11.3. The maximum atomic E-state index is 12.9. The van der Waals surface area contributed by atoms with Crippen LogP contribution in [-0.4, -0.2) is 77.2 Å². The Morgan fingerprint density at radius 2 is 1.63 bits per heavy atom. The number of nitrogens with one attached hydrogen (secondary N) is 1. The number of nitrogens with zero attached hydrogens (tertiary/aromatic N) is 4. The van der Waals surface area contributed by atoms with Crippen molar-refractivity contribution in [3.05, 3.63) is 66.5 Å². The molecule has 0 radical (unpaired) electrons. The summed E-state index contributed by atoms with van der Waals surface area (Å²) in [5.74, 6) is -0.194. The summed E-state index contributed by atoms with van der Waals surface area (Å²) in [5.41, 5.74) is 2.97. The van der Waals surface area contributed by atoms with Crippen molar-refractivity contribution >= 4 is 17.5 Å². The first kappa shape index (κ1) is 24.5. The number of anilines is 2. The van der Waals surface area contributed by atoms with Gasteiger partial charge in [-0.2, -0.15) is 8.78 Å². The van der Waals surface area contributed by atoms with Crippen molar-refractivity contribution in [2.45, 2.75) is 12.5 Å². The lowest BCUT2D eigenvalue weighted by Crippen LogP contribution is -2.49. The van der Waals surface area contributed by atoms with Crippen LogP contribution in [0.1, 0.15) is 11.5 Å². The number of ether oxygens (including phenoxy) is 1. The number of aliphatic hydroxyl groups excluding tert-OH is 1. The molecular formula is C25H27F2N5O3. The summed E-state index contributed by atoms with van der Waals surface area (Å²) in [6.45, 7) is -0.152. The average molecular weight is 484 g/mol. The molecule has 8 nitrogen and oxygen atoms in total. The zero-order valence-electron chi connectivity index (χ0n) is 19.3. The minimum atomic E-state index is -2.87. The van der Waals surface area contributed by atoms with Crippen LogP contribution in [-0.2, 0) is 4.79 Å². The molecule has 3 aromatic rings. The molecule has 1 atom stereocenters. The Kier molecular flexibility index (Phi) is 7.84. The van der Waals surface area contributed by atoms with E-state index in [1.807, 2.05) is 36.2 Å². The first-order chi connectivity index (χ1) is 16.9. The SMILES string of the molecule is CN1CCN(C(=O)C(CO)c2ccc(Nc3ncc(-c4ccc(OC(F)F)cc4)cn3)cc2)CC1. The molecule has 0 spiro atoms. The van der Waals surface area contributed by atoms with E-state index < -0.39 is 12.5 Å². The molecule has 1 aliphatic heterocycles. The molecule has 2 aromatic carbocycles. The molecule has 0 aliphatic carbocycles. The highest BCUT2D eigenvalue weighted by Crippen LogP contribution is 2.25. The number of carbonyl (C=O) groups excluding carboxylic acids is 1. The quantitative estimate of drug-likeness (QED) is 0.508. The zero-order chi connectivity index (χ0) is 24.8. The predicted octanol–water partition coefficient (Wildman–Crippen LogP) is 3.34. The molecule has 2 heterocycles. The van der Waals surface area contributed by atoms with Gasteiger partial charge in [-0.3, -0.25) is 4.79 Å². The standard InChI is InChI=1S/C25H27F2N5O3/c1-31-10-12-32(13-11-31)23(34)22(16-33)18-2-6-20(7-3-18)30-25-28-14-19(15-29-25)17-4-8-21(9-5-17)35-24(26)27/h2-9,14-15,22,24,33H,10-13,16H2,1H3,(H,28,29,30). The number of likely N-dealkylation sites (N-methyl/N-ethyl adjacent to an activating group) is 1. The number of halogens is 2. The topological polar surface area (TPSA) is 90.8 Å². The summed E-state index contributed by atoms with van der Waals surface area (Å²) in [4.78, 5) is 25.5. The van der Waals surface area contributed by atoms with Crippen molar-refractivity contribution in [2.24, 2.45) is 0 Å². The van der Waals surface area contributed by atoms with Gasteiger partial charge in [-0.25, -0.2) is 9.97 Å². The molecule has 1 saturated heterocycles. The molecule has 1 unspecified atom stereocenters.